The lowest BCUT2D eigenvalue weighted by Gasteiger charge is -2.20. The van der Waals surface area contributed by atoms with E-state index in [0.29, 0.717) is 22.3 Å². The van der Waals surface area contributed by atoms with E-state index in [2.05, 4.69) is 4.98 Å². The van der Waals surface area contributed by atoms with E-state index in [1.807, 2.05) is 49.4 Å². The zero-order valence-corrected chi connectivity index (χ0v) is 16.2. The largest absolute Gasteiger partial charge is 0.278 e. The maximum atomic E-state index is 13.3. The maximum absolute atomic E-state index is 13.3. The van der Waals surface area contributed by atoms with E-state index in [9.17, 15) is 4.79 Å². The van der Waals surface area contributed by atoms with Crippen molar-refractivity contribution in [1.29, 1.82) is 0 Å². The molecule has 0 aliphatic heterocycles. The average Bonchev–Trinajstić information content (AvgIpc) is 3.12. The molecule has 0 N–H and O–H groups in total. The van der Waals surface area contributed by atoms with Crippen molar-refractivity contribution in [3.05, 3.63) is 88.7 Å². The van der Waals surface area contributed by atoms with Gasteiger partial charge in [0.2, 0.25) is 0 Å². The molecule has 134 valence electrons. The lowest BCUT2D eigenvalue weighted by molar-refractivity contribution is 0.0985. The zero-order valence-electron chi connectivity index (χ0n) is 14.6. The summed E-state index contributed by atoms with van der Waals surface area (Å²) in [5.74, 6) is -0.192. The fourth-order valence-corrected chi connectivity index (χ4v) is 4.11. The Morgan fingerprint density at radius 3 is 2.63 bits per heavy atom. The topological polar surface area (TPSA) is 46.1 Å². The Kier molecular flexibility index (Phi) is 4.88. The van der Waals surface area contributed by atoms with Gasteiger partial charge in [0.05, 0.1) is 33.0 Å². The lowest BCUT2D eigenvalue weighted by Crippen LogP contribution is -2.31. The molecule has 4 nitrogen and oxygen atoms in total. The monoisotopic (exact) mass is 393 g/mol. The van der Waals surface area contributed by atoms with Gasteiger partial charge in [0.1, 0.15) is 0 Å². The molecule has 0 saturated carbocycles. The molecular formula is C21H16ClN3OS. The molecule has 4 rings (SSSR count). The van der Waals surface area contributed by atoms with E-state index in [4.69, 9.17) is 16.6 Å². The number of rotatable bonds is 4. The molecule has 0 spiro atoms. The van der Waals surface area contributed by atoms with Gasteiger partial charge in [0, 0.05) is 6.20 Å². The van der Waals surface area contributed by atoms with Crippen molar-refractivity contribution in [3.8, 4) is 0 Å². The van der Waals surface area contributed by atoms with Gasteiger partial charge in [-0.25, -0.2) is 4.98 Å². The molecule has 2 aromatic carbocycles. The minimum Gasteiger partial charge on any atom is -0.278 e. The number of thiazole rings is 1. The number of aromatic nitrogens is 2. The highest BCUT2D eigenvalue weighted by Crippen LogP contribution is 2.32. The first-order valence-corrected chi connectivity index (χ1v) is 9.65. The highest BCUT2D eigenvalue weighted by molar-refractivity contribution is 7.22. The number of pyridine rings is 1. The minimum absolute atomic E-state index is 0.192. The summed E-state index contributed by atoms with van der Waals surface area (Å²) in [6.45, 7) is 2.34. The molecule has 0 saturated heterocycles. The van der Waals surface area contributed by atoms with Crippen molar-refractivity contribution >= 4 is 44.2 Å². The molecule has 2 heterocycles. The van der Waals surface area contributed by atoms with Crippen LogP contribution < -0.4 is 4.90 Å². The van der Waals surface area contributed by atoms with Crippen molar-refractivity contribution in [2.24, 2.45) is 0 Å². The van der Waals surface area contributed by atoms with Gasteiger partial charge in [-0.05, 0) is 42.8 Å². The zero-order chi connectivity index (χ0) is 18.8. The third-order valence-corrected chi connectivity index (χ3v) is 5.61. The fourth-order valence-electron chi connectivity index (χ4n) is 2.85. The number of carbonyl (C=O) groups excluding carboxylic acids is 1. The molecule has 0 bridgehead atoms. The number of carbonyl (C=O) groups is 1. The number of para-hydroxylation sites is 1. The predicted molar refractivity (Wildman–Crippen MR) is 111 cm³/mol. The van der Waals surface area contributed by atoms with Crippen molar-refractivity contribution in [3.63, 3.8) is 0 Å². The Bertz CT molecular complexity index is 1110. The number of fused-ring (bicyclic) bond motifs is 1. The molecule has 0 radical (unpaired) electrons. The standard InChI is InChI=1S/C21H16ClN3OS/c1-14-7-6-11-18-19(14)24-21(27-18)25(13-15-8-4-5-12-23-15)20(26)16-9-2-3-10-17(16)22/h2-12H,13H2,1H3. The van der Waals surface area contributed by atoms with Crippen LogP contribution in [0.4, 0.5) is 5.13 Å². The van der Waals surface area contributed by atoms with Crippen LogP contribution in [0.3, 0.4) is 0 Å². The van der Waals surface area contributed by atoms with Gasteiger partial charge in [-0.15, -0.1) is 0 Å². The van der Waals surface area contributed by atoms with Gasteiger partial charge >= 0.3 is 0 Å². The summed E-state index contributed by atoms with van der Waals surface area (Å²) in [5, 5.41) is 1.06. The number of nitrogens with zero attached hydrogens (tertiary/aromatic N) is 3. The Balaban J connectivity index is 1.81. The second-order valence-corrected chi connectivity index (χ2v) is 7.53. The third-order valence-electron chi connectivity index (χ3n) is 4.24. The van der Waals surface area contributed by atoms with Gasteiger partial charge in [-0.2, -0.15) is 0 Å². The summed E-state index contributed by atoms with van der Waals surface area (Å²) < 4.78 is 1.04. The smallest absolute Gasteiger partial charge is 0.261 e. The summed E-state index contributed by atoms with van der Waals surface area (Å²) >= 11 is 7.77. The third kappa shape index (κ3) is 3.56. The number of halogens is 1. The first kappa shape index (κ1) is 17.6. The first-order valence-electron chi connectivity index (χ1n) is 8.46. The molecule has 6 heteroatoms. The summed E-state index contributed by atoms with van der Waals surface area (Å²) in [6, 6.07) is 18.7. The normalized spacial score (nSPS) is 10.9. The second kappa shape index (κ2) is 7.47. The predicted octanol–water partition coefficient (Wildman–Crippen LogP) is 5.50. The van der Waals surface area contributed by atoms with Crippen LogP contribution in [0.2, 0.25) is 5.02 Å². The Labute approximate surface area is 166 Å². The number of aryl methyl sites for hydroxylation is 1. The van der Waals surface area contributed by atoms with E-state index >= 15 is 0 Å². The summed E-state index contributed by atoms with van der Waals surface area (Å²) in [5.41, 5.74) is 3.23. The molecule has 2 aromatic heterocycles. The van der Waals surface area contributed by atoms with Gasteiger partial charge in [-0.3, -0.25) is 14.7 Å². The van der Waals surface area contributed by atoms with Gasteiger partial charge in [0.15, 0.2) is 5.13 Å². The van der Waals surface area contributed by atoms with Crippen LogP contribution in [0.15, 0.2) is 66.9 Å². The summed E-state index contributed by atoms with van der Waals surface area (Å²) in [7, 11) is 0. The molecule has 27 heavy (non-hydrogen) atoms. The second-order valence-electron chi connectivity index (χ2n) is 6.11. The number of anilines is 1. The molecule has 0 unspecified atom stereocenters. The molecule has 4 aromatic rings. The van der Waals surface area contributed by atoms with Crippen LogP contribution in [0.25, 0.3) is 10.2 Å². The Morgan fingerprint density at radius 1 is 1.07 bits per heavy atom. The van der Waals surface area contributed by atoms with Crippen molar-refractivity contribution in [2.75, 3.05) is 4.90 Å². The van der Waals surface area contributed by atoms with Crippen molar-refractivity contribution in [2.45, 2.75) is 13.5 Å². The van der Waals surface area contributed by atoms with E-state index in [0.717, 1.165) is 21.5 Å². The molecule has 1 amide bonds. The van der Waals surface area contributed by atoms with E-state index in [1.54, 1.807) is 29.3 Å². The van der Waals surface area contributed by atoms with Crippen molar-refractivity contribution in [1.82, 2.24) is 9.97 Å². The molecule has 0 aliphatic rings. The average molecular weight is 394 g/mol. The highest BCUT2D eigenvalue weighted by atomic mass is 35.5. The van der Waals surface area contributed by atoms with Gasteiger partial charge < -0.3 is 0 Å². The first-order chi connectivity index (χ1) is 13.1. The molecular weight excluding hydrogens is 378 g/mol. The maximum Gasteiger partial charge on any atom is 0.261 e. The number of hydrogen-bond acceptors (Lipinski definition) is 4. The van der Waals surface area contributed by atoms with Crippen LogP contribution in [0.1, 0.15) is 21.6 Å². The molecule has 0 aliphatic carbocycles. The van der Waals surface area contributed by atoms with Crippen LogP contribution in [-0.4, -0.2) is 15.9 Å². The van der Waals surface area contributed by atoms with E-state index in [1.165, 1.54) is 11.3 Å². The summed E-state index contributed by atoms with van der Waals surface area (Å²) in [6.07, 6.45) is 1.72. The quantitative estimate of drug-likeness (QED) is 0.460. The van der Waals surface area contributed by atoms with Gasteiger partial charge in [0.25, 0.3) is 5.91 Å². The van der Waals surface area contributed by atoms with Crippen LogP contribution in [0, 0.1) is 6.92 Å². The van der Waals surface area contributed by atoms with E-state index in [-0.39, 0.29) is 5.91 Å². The van der Waals surface area contributed by atoms with E-state index < -0.39 is 0 Å². The number of amides is 1. The lowest BCUT2D eigenvalue weighted by atomic mass is 10.2. The number of hydrogen-bond donors (Lipinski definition) is 0. The summed E-state index contributed by atoms with van der Waals surface area (Å²) in [4.78, 5) is 24.1. The fraction of sp³-hybridized carbons (Fsp3) is 0.0952. The van der Waals surface area contributed by atoms with Crippen LogP contribution >= 0.6 is 22.9 Å². The highest BCUT2D eigenvalue weighted by Gasteiger charge is 2.24. The van der Waals surface area contributed by atoms with Crippen LogP contribution in [0.5, 0.6) is 0 Å². The number of benzene rings is 2. The SMILES string of the molecule is Cc1cccc2sc(N(Cc3ccccn3)C(=O)c3ccccc3Cl)nc12. The molecule has 0 fully saturated rings. The van der Waals surface area contributed by atoms with Crippen molar-refractivity contribution < 1.29 is 4.79 Å². The Hall–Kier alpha value is -2.76. The van der Waals surface area contributed by atoms with Gasteiger partial charge in [-0.1, -0.05) is 53.3 Å². The molecule has 0 atom stereocenters. The van der Waals surface area contributed by atoms with Crippen LogP contribution in [-0.2, 0) is 6.54 Å². The minimum atomic E-state index is -0.192. The Morgan fingerprint density at radius 2 is 1.89 bits per heavy atom.